The number of piperidine rings is 1. The minimum absolute atomic E-state index is 0. The first kappa shape index (κ1) is 26.2. The van der Waals surface area contributed by atoms with Gasteiger partial charge in [-0.3, -0.25) is 0 Å². The first-order valence-electron chi connectivity index (χ1n) is 11.0. The zero-order chi connectivity index (χ0) is 21.8. The van der Waals surface area contributed by atoms with E-state index in [1.807, 2.05) is 6.92 Å². The van der Waals surface area contributed by atoms with Gasteiger partial charge in [-0.2, -0.15) is 0 Å². The molecule has 7 nitrogen and oxygen atoms in total. The molecule has 0 atom stereocenters. The van der Waals surface area contributed by atoms with Crippen molar-refractivity contribution in [1.82, 2.24) is 10.2 Å². The highest BCUT2D eigenvalue weighted by molar-refractivity contribution is 14.0. The summed E-state index contributed by atoms with van der Waals surface area (Å²) in [6.45, 7) is 10.1. The van der Waals surface area contributed by atoms with E-state index >= 15 is 0 Å². The highest BCUT2D eigenvalue weighted by Gasteiger charge is 2.40. The summed E-state index contributed by atoms with van der Waals surface area (Å²) in [7, 11) is -3.07. The van der Waals surface area contributed by atoms with E-state index in [1.54, 1.807) is 13.8 Å². The van der Waals surface area contributed by atoms with Crippen molar-refractivity contribution in [2.24, 2.45) is 10.9 Å². The maximum atomic E-state index is 12.3. The van der Waals surface area contributed by atoms with Crippen LogP contribution in [-0.4, -0.2) is 74.2 Å². The number of aliphatic imine (C=N–C) groups is 1. The molecule has 3 rings (SSSR count). The molecule has 0 saturated carbocycles. The third-order valence-electron chi connectivity index (χ3n) is 6.26. The third kappa shape index (κ3) is 6.47. The Morgan fingerprint density at radius 3 is 2.39 bits per heavy atom. The van der Waals surface area contributed by atoms with Crippen LogP contribution in [0.5, 0.6) is 0 Å². The average molecular weight is 565 g/mol. The lowest BCUT2D eigenvalue weighted by molar-refractivity contribution is 0.203. The quantitative estimate of drug-likeness (QED) is 0.325. The first-order chi connectivity index (χ1) is 14.3. The highest BCUT2D eigenvalue weighted by atomic mass is 127. The molecule has 31 heavy (non-hydrogen) atoms. The van der Waals surface area contributed by atoms with Crippen LogP contribution in [0.25, 0.3) is 0 Å². The van der Waals surface area contributed by atoms with Gasteiger partial charge < -0.3 is 20.2 Å². The topological polar surface area (TPSA) is 85.2 Å². The molecule has 2 N–H and O–H groups in total. The molecule has 0 unspecified atom stereocenters. The minimum Gasteiger partial charge on any atom is -0.396 e. The third-order valence-corrected chi connectivity index (χ3v) is 8.80. The van der Waals surface area contributed by atoms with Gasteiger partial charge in [0.2, 0.25) is 0 Å². The number of benzene rings is 1. The highest BCUT2D eigenvalue weighted by Crippen LogP contribution is 2.25. The van der Waals surface area contributed by atoms with E-state index in [-0.39, 0.29) is 29.7 Å². The summed E-state index contributed by atoms with van der Waals surface area (Å²) in [6.07, 6.45) is 2.08. The van der Waals surface area contributed by atoms with Gasteiger partial charge >= 0.3 is 0 Å². The van der Waals surface area contributed by atoms with Crippen molar-refractivity contribution in [2.45, 2.75) is 44.9 Å². The Labute approximate surface area is 204 Å². The van der Waals surface area contributed by atoms with E-state index in [0.717, 1.165) is 44.0 Å². The molecular formula is C22H37IN4O3S. The molecule has 0 radical (unpaired) electrons. The number of sulfone groups is 1. The van der Waals surface area contributed by atoms with E-state index in [0.29, 0.717) is 32.2 Å². The summed E-state index contributed by atoms with van der Waals surface area (Å²) in [6, 6.07) is 8.53. The second-order valence-corrected chi connectivity index (χ2v) is 11.7. The van der Waals surface area contributed by atoms with Crippen LogP contribution in [0.4, 0.5) is 5.69 Å². The smallest absolute Gasteiger partial charge is 0.194 e. The summed E-state index contributed by atoms with van der Waals surface area (Å²) in [5.74, 6) is 1.37. The van der Waals surface area contributed by atoms with Crippen LogP contribution in [0.15, 0.2) is 29.3 Å². The summed E-state index contributed by atoms with van der Waals surface area (Å²) in [4.78, 5) is 9.21. The number of anilines is 1. The standard InChI is InChI=1S/C22H36N4O3S.HI/c1-4-23-21(26-13-14-30(28,29)22(2,3)17-26)24-15-18-5-7-20(8-6-18)25-11-9-19(16-27)10-12-25;/h5-8,19,27H,4,9-17H2,1-3H3,(H,23,24);1H. The number of nitrogens with zero attached hydrogens (tertiary/aromatic N) is 3. The van der Waals surface area contributed by atoms with Crippen LogP contribution >= 0.6 is 24.0 Å². The molecule has 0 bridgehead atoms. The molecule has 2 heterocycles. The van der Waals surface area contributed by atoms with Gasteiger partial charge in [-0.15, -0.1) is 24.0 Å². The van der Waals surface area contributed by atoms with Crippen molar-refractivity contribution >= 4 is 45.5 Å². The number of aliphatic hydroxyl groups is 1. The monoisotopic (exact) mass is 564 g/mol. The molecule has 2 saturated heterocycles. The maximum Gasteiger partial charge on any atom is 0.194 e. The van der Waals surface area contributed by atoms with Crippen molar-refractivity contribution in [3.8, 4) is 0 Å². The number of halogens is 1. The SMILES string of the molecule is CCNC(=NCc1ccc(N2CCC(CO)CC2)cc1)N1CCS(=O)(=O)C(C)(C)C1.I. The summed E-state index contributed by atoms with van der Waals surface area (Å²) in [5.41, 5.74) is 2.34. The van der Waals surface area contributed by atoms with Gasteiger partial charge in [0, 0.05) is 45.0 Å². The summed E-state index contributed by atoms with van der Waals surface area (Å²) < 4.78 is 23.8. The number of hydrogen-bond donors (Lipinski definition) is 2. The molecule has 2 aliphatic heterocycles. The van der Waals surface area contributed by atoms with Crippen LogP contribution in [0.2, 0.25) is 0 Å². The molecule has 2 fully saturated rings. The molecule has 0 spiro atoms. The van der Waals surface area contributed by atoms with Gasteiger partial charge in [-0.25, -0.2) is 13.4 Å². The summed E-state index contributed by atoms with van der Waals surface area (Å²) in [5, 5.41) is 12.6. The lowest BCUT2D eigenvalue weighted by atomic mass is 9.97. The number of nitrogens with one attached hydrogen (secondary N) is 1. The Bertz CT molecular complexity index is 835. The van der Waals surface area contributed by atoms with Gasteiger partial charge in [0.05, 0.1) is 17.0 Å². The van der Waals surface area contributed by atoms with Gasteiger partial charge in [0.25, 0.3) is 0 Å². The molecule has 2 aliphatic rings. The fourth-order valence-electron chi connectivity index (χ4n) is 4.10. The van der Waals surface area contributed by atoms with Crippen molar-refractivity contribution in [3.05, 3.63) is 29.8 Å². The zero-order valence-corrected chi connectivity index (χ0v) is 22.0. The van der Waals surface area contributed by atoms with E-state index in [1.165, 1.54) is 5.69 Å². The average Bonchev–Trinajstić information content (AvgIpc) is 2.74. The van der Waals surface area contributed by atoms with Crippen LogP contribution in [0, 0.1) is 5.92 Å². The normalized spacial score (nSPS) is 21.5. The molecular weight excluding hydrogens is 527 g/mol. The summed E-state index contributed by atoms with van der Waals surface area (Å²) >= 11 is 0. The Kier molecular flexibility index (Phi) is 9.44. The van der Waals surface area contributed by atoms with Crippen LogP contribution in [0.1, 0.15) is 39.2 Å². The van der Waals surface area contributed by atoms with E-state index in [4.69, 9.17) is 4.99 Å². The fraction of sp³-hybridized carbons (Fsp3) is 0.682. The predicted octanol–water partition coefficient (Wildman–Crippen LogP) is 2.49. The number of guanidine groups is 1. The van der Waals surface area contributed by atoms with E-state index < -0.39 is 14.6 Å². The van der Waals surface area contributed by atoms with Crippen molar-refractivity contribution in [1.29, 1.82) is 0 Å². The predicted molar refractivity (Wildman–Crippen MR) is 138 cm³/mol. The first-order valence-corrected chi connectivity index (χ1v) is 12.6. The molecule has 1 aromatic rings. The fourth-order valence-corrected chi connectivity index (χ4v) is 5.47. The van der Waals surface area contributed by atoms with Gasteiger partial charge in [-0.05, 0) is 57.2 Å². The van der Waals surface area contributed by atoms with Crippen molar-refractivity contribution < 1.29 is 13.5 Å². The minimum atomic E-state index is -3.07. The van der Waals surface area contributed by atoms with Crippen LogP contribution < -0.4 is 10.2 Å². The van der Waals surface area contributed by atoms with Crippen molar-refractivity contribution in [3.63, 3.8) is 0 Å². The number of rotatable bonds is 5. The van der Waals surface area contributed by atoms with E-state index in [2.05, 4.69) is 39.4 Å². The van der Waals surface area contributed by atoms with Gasteiger partial charge in [0.15, 0.2) is 15.8 Å². The Hall–Kier alpha value is -1.07. The maximum absolute atomic E-state index is 12.3. The second kappa shape index (κ2) is 11.2. The van der Waals surface area contributed by atoms with Crippen LogP contribution in [-0.2, 0) is 16.4 Å². The van der Waals surface area contributed by atoms with Gasteiger partial charge in [-0.1, -0.05) is 12.1 Å². The van der Waals surface area contributed by atoms with E-state index in [9.17, 15) is 13.5 Å². The lowest BCUT2D eigenvalue weighted by Gasteiger charge is -2.39. The molecule has 1 aromatic carbocycles. The zero-order valence-electron chi connectivity index (χ0n) is 18.9. The molecule has 0 aromatic heterocycles. The Morgan fingerprint density at radius 2 is 1.84 bits per heavy atom. The van der Waals surface area contributed by atoms with Crippen LogP contribution in [0.3, 0.4) is 0 Å². The molecule has 176 valence electrons. The largest absolute Gasteiger partial charge is 0.396 e. The molecule has 9 heteroatoms. The Morgan fingerprint density at radius 1 is 1.19 bits per heavy atom. The molecule has 0 amide bonds. The van der Waals surface area contributed by atoms with Crippen molar-refractivity contribution in [2.75, 3.05) is 50.0 Å². The van der Waals surface area contributed by atoms with Gasteiger partial charge in [0.1, 0.15) is 0 Å². The second-order valence-electron chi connectivity index (χ2n) is 8.95. The number of aliphatic hydroxyl groups excluding tert-OH is 1. The number of hydrogen-bond acceptors (Lipinski definition) is 5. The lowest BCUT2D eigenvalue weighted by Crippen LogP contribution is -2.57. The Balaban J connectivity index is 0.00000341. The molecule has 0 aliphatic carbocycles.